The van der Waals surface area contributed by atoms with Gasteiger partial charge in [0.15, 0.2) is 6.29 Å². The Morgan fingerprint density at radius 1 is 1.37 bits per heavy atom. The minimum Gasteiger partial charge on any atom is -0.438 e. The van der Waals surface area contributed by atoms with Crippen LogP contribution >= 0.6 is 0 Å². The first-order valence-corrected chi connectivity index (χ1v) is 5.44. The summed E-state index contributed by atoms with van der Waals surface area (Å²) in [7, 11) is 0. The Morgan fingerprint density at radius 2 is 2.16 bits per heavy atom. The molecular weight excluding hydrogens is 248 g/mol. The standard InChI is InChI=1S/C13H10N2O4/c1-9-5-10(8-16)7-14-13(9)19-12-4-2-3-11(6-12)15(17)18/h2-8H,1H3. The molecule has 0 aliphatic carbocycles. The highest BCUT2D eigenvalue weighted by molar-refractivity contribution is 5.74. The van der Waals surface area contributed by atoms with Crippen molar-refractivity contribution in [2.24, 2.45) is 0 Å². The van der Waals surface area contributed by atoms with E-state index < -0.39 is 4.92 Å². The van der Waals surface area contributed by atoms with Gasteiger partial charge in [-0.25, -0.2) is 4.98 Å². The molecule has 0 bridgehead atoms. The van der Waals surface area contributed by atoms with Crippen molar-refractivity contribution in [2.75, 3.05) is 0 Å². The number of carbonyl (C=O) groups is 1. The first kappa shape index (κ1) is 12.7. The Balaban J connectivity index is 2.28. The van der Waals surface area contributed by atoms with Gasteiger partial charge in [0.25, 0.3) is 5.69 Å². The molecular formula is C13H10N2O4. The Kier molecular flexibility index (Phi) is 3.51. The summed E-state index contributed by atoms with van der Waals surface area (Å²) in [5.74, 6) is 0.634. The molecule has 96 valence electrons. The second-order valence-corrected chi connectivity index (χ2v) is 3.87. The lowest BCUT2D eigenvalue weighted by molar-refractivity contribution is -0.384. The van der Waals surface area contributed by atoms with Gasteiger partial charge in [-0.2, -0.15) is 0 Å². The van der Waals surface area contributed by atoms with Gasteiger partial charge in [-0.05, 0) is 19.1 Å². The van der Waals surface area contributed by atoms with Crippen molar-refractivity contribution >= 4 is 12.0 Å². The largest absolute Gasteiger partial charge is 0.438 e. The van der Waals surface area contributed by atoms with Crippen LogP contribution in [0.5, 0.6) is 11.6 Å². The fraction of sp³-hybridized carbons (Fsp3) is 0.0769. The molecule has 6 nitrogen and oxygen atoms in total. The van der Waals surface area contributed by atoms with Crippen LogP contribution in [0.25, 0.3) is 0 Å². The Morgan fingerprint density at radius 3 is 2.79 bits per heavy atom. The molecule has 0 aliphatic heterocycles. The SMILES string of the molecule is Cc1cc(C=O)cnc1Oc1cccc([N+](=O)[O-])c1. The van der Waals surface area contributed by atoms with E-state index in [2.05, 4.69) is 4.98 Å². The van der Waals surface area contributed by atoms with E-state index in [-0.39, 0.29) is 5.69 Å². The fourth-order valence-electron chi connectivity index (χ4n) is 1.53. The van der Waals surface area contributed by atoms with E-state index in [0.717, 1.165) is 0 Å². The number of ether oxygens (including phenoxy) is 1. The third kappa shape index (κ3) is 2.92. The number of aromatic nitrogens is 1. The number of hydrogen-bond acceptors (Lipinski definition) is 5. The molecule has 6 heteroatoms. The summed E-state index contributed by atoms with van der Waals surface area (Å²) in [5, 5.41) is 10.7. The average Bonchev–Trinajstić information content (AvgIpc) is 2.41. The third-order valence-electron chi connectivity index (χ3n) is 2.43. The average molecular weight is 258 g/mol. The molecule has 1 heterocycles. The summed E-state index contributed by atoms with van der Waals surface area (Å²) < 4.78 is 5.47. The van der Waals surface area contributed by atoms with Gasteiger partial charge in [0.05, 0.1) is 11.0 Å². The van der Waals surface area contributed by atoms with Gasteiger partial charge in [0.2, 0.25) is 5.88 Å². The highest BCUT2D eigenvalue weighted by atomic mass is 16.6. The van der Waals surface area contributed by atoms with Crippen LogP contribution in [-0.2, 0) is 0 Å². The number of nitro groups is 1. The molecule has 0 fully saturated rings. The zero-order chi connectivity index (χ0) is 13.8. The third-order valence-corrected chi connectivity index (χ3v) is 2.43. The predicted octanol–water partition coefficient (Wildman–Crippen LogP) is 2.90. The number of nitrogens with zero attached hydrogens (tertiary/aromatic N) is 2. The first-order valence-electron chi connectivity index (χ1n) is 5.44. The summed E-state index contributed by atoms with van der Waals surface area (Å²) in [6.45, 7) is 1.74. The maximum absolute atomic E-state index is 10.7. The minimum absolute atomic E-state index is 0.0559. The summed E-state index contributed by atoms with van der Waals surface area (Å²) in [6.07, 6.45) is 2.07. The molecule has 0 spiro atoms. The highest BCUT2D eigenvalue weighted by Crippen LogP contribution is 2.26. The quantitative estimate of drug-likeness (QED) is 0.478. The maximum atomic E-state index is 10.7. The lowest BCUT2D eigenvalue weighted by atomic mass is 10.2. The molecule has 0 amide bonds. The zero-order valence-corrected chi connectivity index (χ0v) is 10.1. The molecule has 0 radical (unpaired) electrons. The van der Waals surface area contributed by atoms with Crippen molar-refractivity contribution in [1.29, 1.82) is 0 Å². The van der Waals surface area contributed by atoms with Crippen LogP contribution in [0, 0.1) is 17.0 Å². The second kappa shape index (κ2) is 5.26. The van der Waals surface area contributed by atoms with E-state index in [4.69, 9.17) is 4.74 Å². The zero-order valence-electron chi connectivity index (χ0n) is 10.1. The number of carbonyl (C=O) groups excluding carboxylic acids is 1. The van der Waals surface area contributed by atoms with Gasteiger partial charge in [-0.3, -0.25) is 14.9 Å². The van der Waals surface area contributed by atoms with E-state index in [1.807, 2.05) is 0 Å². The molecule has 0 aliphatic rings. The number of nitro benzene ring substituents is 1. The topological polar surface area (TPSA) is 82.3 Å². The van der Waals surface area contributed by atoms with Gasteiger partial charge in [-0.1, -0.05) is 6.07 Å². The lowest BCUT2D eigenvalue weighted by Gasteiger charge is -2.07. The van der Waals surface area contributed by atoms with Crippen LogP contribution in [0.4, 0.5) is 5.69 Å². The van der Waals surface area contributed by atoms with Crippen molar-refractivity contribution in [3.05, 3.63) is 57.8 Å². The Bertz CT molecular complexity index is 640. The molecule has 2 aromatic rings. The predicted molar refractivity (Wildman–Crippen MR) is 67.5 cm³/mol. The normalized spacial score (nSPS) is 9.95. The molecule has 0 atom stereocenters. The van der Waals surface area contributed by atoms with E-state index in [0.29, 0.717) is 29.0 Å². The van der Waals surface area contributed by atoms with E-state index >= 15 is 0 Å². The van der Waals surface area contributed by atoms with Crippen molar-refractivity contribution in [2.45, 2.75) is 6.92 Å². The van der Waals surface area contributed by atoms with Crippen molar-refractivity contribution in [3.63, 3.8) is 0 Å². The molecule has 1 aromatic heterocycles. The van der Waals surface area contributed by atoms with Crippen LogP contribution in [0.2, 0.25) is 0 Å². The maximum Gasteiger partial charge on any atom is 0.273 e. The summed E-state index contributed by atoms with van der Waals surface area (Å²) in [6, 6.07) is 7.45. The van der Waals surface area contributed by atoms with Gasteiger partial charge in [0, 0.05) is 23.4 Å². The molecule has 0 unspecified atom stereocenters. The molecule has 19 heavy (non-hydrogen) atoms. The number of benzene rings is 1. The number of non-ortho nitro benzene ring substituents is 1. The van der Waals surface area contributed by atoms with Crippen LogP contribution in [0.3, 0.4) is 0 Å². The Hall–Kier alpha value is -2.76. The van der Waals surface area contributed by atoms with Crippen molar-refractivity contribution < 1.29 is 14.5 Å². The number of pyridine rings is 1. The van der Waals surface area contributed by atoms with Crippen molar-refractivity contribution in [1.82, 2.24) is 4.98 Å². The molecule has 0 saturated carbocycles. The number of aryl methyl sites for hydroxylation is 1. The van der Waals surface area contributed by atoms with Gasteiger partial charge in [-0.15, -0.1) is 0 Å². The molecule has 0 N–H and O–H groups in total. The minimum atomic E-state index is -0.497. The van der Waals surface area contributed by atoms with Crippen LogP contribution in [0.1, 0.15) is 15.9 Å². The van der Waals surface area contributed by atoms with Crippen LogP contribution < -0.4 is 4.74 Å². The number of aldehydes is 1. The van der Waals surface area contributed by atoms with Crippen molar-refractivity contribution in [3.8, 4) is 11.6 Å². The fourth-order valence-corrected chi connectivity index (χ4v) is 1.53. The van der Waals surface area contributed by atoms with Gasteiger partial charge >= 0.3 is 0 Å². The summed E-state index contributed by atoms with van der Waals surface area (Å²) in [4.78, 5) is 24.7. The summed E-state index contributed by atoms with van der Waals surface area (Å²) >= 11 is 0. The summed E-state index contributed by atoms with van der Waals surface area (Å²) in [5.41, 5.74) is 1.07. The number of hydrogen-bond donors (Lipinski definition) is 0. The van der Waals surface area contributed by atoms with E-state index in [1.54, 1.807) is 19.1 Å². The molecule has 1 aromatic carbocycles. The first-order chi connectivity index (χ1) is 9.10. The lowest BCUT2D eigenvalue weighted by Crippen LogP contribution is -1.94. The van der Waals surface area contributed by atoms with E-state index in [9.17, 15) is 14.9 Å². The van der Waals surface area contributed by atoms with E-state index in [1.165, 1.54) is 24.4 Å². The number of rotatable bonds is 4. The van der Waals surface area contributed by atoms with Crippen LogP contribution in [-0.4, -0.2) is 16.2 Å². The monoisotopic (exact) mass is 258 g/mol. The highest BCUT2D eigenvalue weighted by Gasteiger charge is 2.09. The van der Waals surface area contributed by atoms with Gasteiger partial charge < -0.3 is 4.74 Å². The van der Waals surface area contributed by atoms with Crippen LogP contribution in [0.15, 0.2) is 36.5 Å². The Labute approximate surface area is 108 Å². The second-order valence-electron chi connectivity index (χ2n) is 3.87. The van der Waals surface area contributed by atoms with Gasteiger partial charge in [0.1, 0.15) is 5.75 Å². The molecule has 2 rings (SSSR count). The molecule has 0 saturated heterocycles. The smallest absolute Gasteiger partial charge is 0.273 e.